The van der Waals surface area contributed by atoms with Gasteiger partial charge in [-0.3, -0.25) is 13.6 Å². The Balaban J connectivity index is 1.25. The predicted octanol–water partition coefficient (Wildman–Crippen LogP) is 4.12. The fraction of sp³-hybridized carbons (Fsp3) is 0.412. The molecule has 4 heterocycles. The highest BCUT2D eigenvalue weighted by Crippen LogP contribution is 2.36. The number of anilines is 3. The largest absolute Gasteiger partial charge is 0.381 e. The number of piperidine rings is 1. The summed E-state index contributed by atoms with van der Waals surface area (Å²) in [6.45, 7) is 4.54. The molecule has 47 heavy (non-hydrogen) atoms. The molecule has 2 aliphatic heterocycles. The number of hydrogen-bond donors (Lipinski definition) is 3. The van der Waals surface area contributed by atoms with Gasteiger partial charge in [-0.1, -0.05) is 6.07 Å². The highest BCUT2D eigenvalue weighted by Gasteiger charge is 2.32. The van der Waals surface area contributed by atoms with Gasteiger partial charge in [-0.2, -0.15) is 4.98 Å². The Morgan fingerprint density at radius 1 is 0.936 bits per heavy atom. The van der Waals surface area contributed by atoms with Crippen molar-refractivity contribution in [3.63, 3.8) is 0 Å². The van der Waals surface area contributed by atoms with E-state index >= 15 is 0 Å². The first-order valence-corrected chi connectivity index (χ1v) is 19.8. The molecule has 1 saturated carbocycles. The number of benzene rings is 2. The van der Waals surface area contributed by atoms with Gasteiger partial charge in [0.1, 0.15) is 5.65 Å². The summed E-state index contributed by atoms with van der Waals surface area (Å²) in [7, 11) is -5.72. The number of hydrogen-bond acceptors (Lipinski definition) is 9. The molecule has 2 aromatic carbocycles. The van der Waals surface area contributed by atoms with Crippen molar-refractivity contribution >= 4 is 53.8 Å². The number of aromatic nitrogens is 3. The summed E-state index contributed by atoms with van der Waals surface area (Å²) in [4.78, 5) is 24.6. The van der Waals surface area contributed by atoms with Crippen LogP contribution in [0.25, 0.3) is 22.2 Å². The van der Waals surface area contributed by atoms with Crippen molar-refractivity contribution in [1.82, 2.24) is 24.2 Å². The van der Waals surface area contributed by atoms with Crippen LogP contribution in [0.4, 0.5) is 17.3 Å². The molecular formula is C34H41N7O4S2. The van der Waals surface area contributed by atoms with Crippen LogP contribution in [-0.2, 0) is 19.5 Å². The molecule has 4 aromatic rings. The number of rotatable bonds is 9. The van der Waals surface area contributed by atoms with Crippen LogP contribution >= 0.6 is 0 Å². The molecule has 0 spiro atoms. The van der Waals surface area contributed by atoms with E-state index < -0.39 is 19.5 Å². The Morgan fingerprint density at radius 3 is 2.30 bits per heavy atom. The maximum absolute atomic E-state index is 14.4. The summed E-state index contributed by atoms with van der Waals surface area (Å²) in [5, 5.41) is 11.0. The molecule has 1 aliphatic carbocycles. The third kappa shape index (κ3) is 6.54. The lowest BCUT2D eigenvalue weighted by molar-refractivity contribution is 0.275. The molecule has 11 nitrogen and oxygen atoms in total. The summed E-state index contributed by atoms with van der Waals surface area (Å²) in [5.41, 5.74) is 4.23. The van der Waals surface area contributed by atoms with Crippen molar-refractivity contribution in [1.29, 1.82) is 0 Å². The van der Waals surface area contributed by atoms with Gasteiger partial charge < -0.3 is 16.0 Å². The molecular weight excluding hydrogens is 635 g/mol. The molecule has 2 saturated heterocycles. The topological polar surface area (TPSA) is 138 Å². The van der Waals surface area contributed by atoms with Crippen molar-refractivity contribution in [3.05, 3.63) is 70.6 Å². The average Bonchev–Trinajstić information content (AvgIpc) is 3.79. The minimum Gasteiger partial charge on any atom is -0.381 e. The number of nitrogens with one attached hydrogen (secondary N) is 3. The first kappa shape index (κ1) is 31.8. The first-order valence-electron chi connectivity index (χ1n) is 16.2. The zero-order valence-electron chi connectivity index (χ0n) is 26.7. The van der Waals surface area contributed by atoms with Crippen LogP contribution in [0, 0.1) is 6.92 Å². The molecule has 0 radical (unpaired) electrons. The van der Waals surface area contributed by atoms with Gasteiger partial charge in [-0.05, 0) is 115 Å². The monoisotopic (exact) mass is 675 g/mol. The highest BCUT2D eigenvalue weighted by atomic mass is 32.2. The first-order chi connectivity index (χ1) is 22.5. The smallest absolute Gasteiger partial charge is 0.260 e. The normalized spacial score (nSPS) is 20.7. The Morgan fingerprint density at radius 2 is 1.66 bits per heavy atom. The standard InChI is InChI=1S/C34H41N7O4S2/c1-22-18-29(46(2,43)28-8-9-28)10-11-30(22)31-19-23-20-36-34(38-25-6-4-24(5-7-25)37-26-12-15-35-21-26)39-32(23)41(33(31)42)27-13-16-40(17-14-27)47(3,44)45/h4-7,10-11,18-20,26-28,35,37H,2,8-9,12-17,21H2,1,3H3,(H,36,38,39). The van der Waals surface area contributed by atoms with E-state index in [4.69, 9.17) is 4.98 Å². The number of sulfonamides is 1. The van der Waals surface area contributed by atoms with Crippen LogP contribution in [0.1, 0.15) is 43.7 Å². The van der Waals surface area contributed by atoms with E-state index in [1.54, 1.807) is 10.8 Å². The van der Waals surface area contributed by atoms with Crippen LogP contribution in [0.5, 0.6) is 0 Å². The van der Waals surface area contributed by atoms with Gasteiger partial charge >= 0.3 is 0 Å². The minimum absolute atomic E-state index is 0.118. The average molecular weight is 676 g/mol. The van der Waals surface area contributed by atoms with Gasteiger partial charge in [0.15, 0.2) is 0 Å². The second kappa shape index (κ2) is 12.3. The summed E-state index contributed by atoms with van der Waals surface area (Å²) < 4.78 is 41.0. The molecule has 7 rings (SSSR count). The fourth-order valence-corrected chi connectivity index (χ4v) is 9.56. The Hall–Kier alpha value is -3.78. The van der Waals surface area contributed by atoms with Gasteiger partial charge in [0.2, 0.25) is 16.0 Å². The number of aryl methyl sites for hydroxylation is 1. The Labute approximate surface area is 275 Å². The number of nitrogens with zero attached hydrogens (tertiary/aromatic N) is 4. The lowest BCUT2D eigenvalue weighted by atomic mass is 9.99. The van der Waals surface area contributed by atoms with Crippen molar-refractivity contribution in [2.75, 3.05) is 43.1 Å². The third-order valence-electron chi connectivity index (χ3n) is 9.55. The van der Waals surface area contributed by atoms with Gasteiger partial charge in [-0.25, -0.2) is 17.7 Å². The van der Waals surface area contributed by atoms with Crippen LogP contribution in [-0.4, -0.2) is 81.1 Å². The van der Waals surface area contributed by atoms with Gasteiger partial charge in [0.05, 0.1) is 6.26 Å². The minimum atomic E-state index is -3.34. The van der Waals surface area contributed by atoms with Crippen molar-refractivity contribution in [3.8, 4) is 11.1 Å². The van der Waals surface area contributed by atoms with Crippen LogP contribution < -0.4 is 21.5 Å². The molecule has 0 amide bonds. The molecule has 13 heteroatoms. The number of pyridine rings is 1. The molecule has 248 valence electrons. The van der Waals surface area contributed by atoms with Crippen LogP contribution in [0.3, 0.4) is 0 Å². The van der Waals surface area contributed by atoms with Gasteiger partial charge in [-0.15, -0.1) is 0 Å². The Kier molecular flexibility index (Phi) is 8.35. The fourth-order valence-electron chi connectivity index (χ4n) is 6.73. The van der Waals surface area contributed by atoms with Crippen LogP contribution in [0.2, 0.25) is 0 Å². The van der Waals surface area contributed by atoms with E-state index in [1.807, 2.05) is 55.5 Å². The van der Waals surface area contributed by atoms with Gasteiger partial charge in [0, 0.05) is 70.4 Å². The van der Waals surface area contributed by atoms with E-state index in [1.165, 1.54) is 10.6 Å². The lowest BCUT2D eigenvalue weighted by Gasteiger charge is -2.32. The second-order valence-electron chi connectivity index (χ2n) is 13.0. The second-order valence-corrected chi connectivity index (χ2v) is 17.6. The van der Waals surface area contributed by atoms with E-state index in [2.05, 4.69) is 26.8 Å². The maximum Gasteiger partial charge on any atom is 0.260 e. The molecule has 3 fully saturated rings. The molecule has 3 aliphatic rings. The quantitative estimate of drug-likeness (QED) is 0.224. The van der Waals surface area contributed by atoms with E-state index in [0.717, 1.165) is 54.9 Å². The third-order valence-corrected chi connectivity index (χ3v) is 13.5. The molecule has 2 atom stereocenters. The van der Waals surface area contributed by atoms with E-state index in [9.17, 15) is 17.4 Å². The summed E-state index contributed by atoms with van der Waals surface area (Å²) in [6.07, 6.45) is 6.83. The van der Waals surface area contributed by atoms with Crippen molar-refractivity contribution < 1.29 is 12.6 Å². The molecule has 3 N–H and O–H groups in total. The molecule has 2 unspecified atom stereocenters. The summed E-state index contributed by atoms with van der Waals surface area (Å²) in [5.74, 6) is 4.41. The number of fused-ring (bicyclic) bond motifs is 1. The van der Waals surface area contributed by atoms with E-state index in [0.29, 0.717) is 59.4 Å². The Bertz CT molecular complexity index is 2100. The lowest BCUT2D eigenvalue weighted by Crippen LogP contribution is -2.40. The predicted molar refractivity (Wildman–Crippen MR) is 190 cm³/mol. The summed E-state index contributed by atoms with van der Waals surface area (Å²) >= 11 is 0. The van der Waals surface area contributed by atoms with E-state index in [-0.39, 0.29) is 16.9 Å². The molecule has 0 bridgehead atoms. The summed E-state index contributed by atoms with van der Waals surface area (Å²) in [6, 6.07) is 15.6. The van der Waals surface area contributed by atoms with Crippen molar-refractivity contribution in [2.45, 2.75) is 61.3 Å². The zero-order valence-corrected chi connectivity index (χ0v) is 28.4. The zero-order chi connectivity index (χ0) is 32.9. The van der Waals surface area contributed by atoms with Crippen LogP contribution in [0.15, 0.2) is 64.4 Å². The SMILES string of the molecule is C=S(=O)(c1ccc(-c2cc3cnc(Nc4ccc(NC5CCNC5)cc4)nc3n(C3CCN(S(C)(=O)=O)CC3)c2=O)c(C)c1)C1CC1. The molecule has 2 aromatic heterocycles. The van der Waals surface area contributed by atoms with Gasteiger partial charge in [0.25, 0.3) is 5.56 Å². The van der Waals surface area contributed by atoms with Crippen molar-refractivity contribution in [2.24, 2.45) is 0 Å². The highest BCUT2D eigenvalue weighted by molar-refractivity contribution is 8.01. The maximum atomic E-state index is 14.4.